The van der Waals surface area contributed by atoms with Crippen molar-refractivity contribution in [2.75, 3.05) is 0 Å². The van der Waals surface area contributed by atoms with Gasteiger partial charge in [-0.25, -0.2) is 0 Å². The minimum Gasteiger partial charge on any atom is -0.507 e. The number of hydrogen-bond acceptors (Lipinski definition) is 4. The molecule has 4 nitrogen and oxygen atoms in total. The summed E-state index contributed by atoms with van der Waals surface area (Å²) in [4.78, 5) is 12.7. The van der Waals surface area contributed by atoms with Crippen LogP contribution in [0.3, 0.4) is 0 Å². The lowest BCUT2D eigenvalue weighted by Gasteiger charge is -2.39. The predicted octanol–water partition coefficient (Wildman–Crippen LogP) is 2.77. The molecule has 1 aromatic carbocycles. The molecule has 3 rings (SSSR count). The summed E-state index contributed by atoms with van der Waals surface area (Å²) in [6.45, 7) is 8.16. The molecule has 0 aromatic heterocycles. The van der Waals surface area contributed by atoms with Gasteiger partial charge in [-0.2, -0.15) is 0 Å². The maximum absolute atomic E-state index is 12.7. The molecular weight excluding hydrogens is 292 g/mol. The summed E-state index contributed by atoms with van der Waals surface area (Å²) in [6.07, 6.45) is -0.885. The highest BCUT2D eigenvalue weighted by atomic mass is 16.3. The molecule has 0 unspecified atom stereocenters. The Hall–Kier alpha value is -1.39. The number of aliphatic hydroxyl groups is 2. The number of rotatable bonds is 1. The summed E-state index contributed by atoms with van der Waals surface area (Å²) in [6, 6.07) is 3.50. The predicted molar refractivity (Wildman–Crippen MR) is 87.6 cm³/mol. The van der Waals surface area contributed by atoms with E-state index in [1.807, 2.05) is 19.9 Å². The van der Waals surface area contributed by atoms with Crippen LogP contribution in [0.1, 0.15) is 61.0 Å². The van der Waals surface area contributed by atoms with Crippen LogP contribution in [0.15, 0.2) is 12.1 Å². The summed E-state index contributed by atoms with van der Waals surface area (Å²) < 4.78 is 0. The second-order valence-corrected chi connectivity index (χ2v) is 7.93. The van der Waals surface area contributed by atoms with Crippen LogP contribution in [0.25, 0.3) is 0 Å². The van der Waals surface area contributed by atoms with Crippen LogP contribution >= 0.6 is 0 Å². The van der Waals surface area contributed by atoms with Gasteiger partial charge in [0.1, 0.15) is 11.9 Å². The zero-order valence-corrected chi connectivity index (χ0v) is 14.2. The maximum Gasteiger partial charge on any atom is 0.197 e. The lowest BCUT2D eigenvalue weighted by molar-refractivity contribution is -0.0493. The molecule has 2 aliphatic carbocycles. The molecule has 2 aliphatic rings. The van der Waals surface area contributed by atoms with Crippen molar-refractivity contribution >= 4 is 5.78 Å². The summed E-state index contributed by atoms with van der Waals surface area (Å²) in [7, 11) is 0. The first-order valence-corrected chi connectivity index (χ1v) is 8.42. The number of hydrogen-bond donors (Lipinski definition) is 3. The van der Waals surface area contributed by atoms with E-state index in [1.54, 1.807) is 6.07 Å². The van der Waals surface area contributed by atoms with Crippen LogP contribution in [-0.2, 0) is 0 Å². The van der Waals surface area contributed by atoms with Gasteiger partial charge in [0.05, 0.1) is 11.7 Å². The summed E-state index contributed by atoms with van der Waals surface area (Å²) in [5.74, 6) is 0.0139. The van der Waals surface area contributed by atoms with E-state index in [0.29, 0.717) is 11.8 Å². The van der Waals surface area contributed by atoms with E-state index in [1.165, 1.54) is 0 Å². The molecule has 0 radical (unpaired) electrons. The zero-order chi connectivity index (χ0) is 17.1. The number of phenols is 1. The Labute approximate surface area is 137 Å². The van der Waals surface area contributed by atoms with Crippen LogP contribution in [0.2, 0.25) is 0 Å². The van der Waals surface area contributed by atoms with Crippen LogP contribution in [0, 0.1) is 24.2 Å². The van der Waals surface area contributed by atoms with Crippen molar-refractivity contribution < 1.29 is 20.1 Å². The van der Waals surface area contributed by atoms with E-state index in [-0.39, 0.29) is 17.2 Å². The Balaban J connectivity index is 2.31. The molecule has 3 N–H and O–H groups in total. The quantitative estimate of drug-likeness (QED) is 0.744. The van der Waals surface area contributed by atoms with Crippen LogP contribution in [0.4, 0.5) is 0 Å². The third kappa shape index (κ3) is 2.23. The van der Waals surface area contributed by atoms with Gasteiger partial charge in [-0.05, 0) is 54.7 Å². The van der Waals surface area contributed by atoms with Crippen molar-refractivity contribution in [3.8, 4) is 5.75 Å². The fourth-order valence-electron chi connectivity index (χ4n) is 4.89. The van der Waals surface area contributed by atoms with Crippen molar-refractivity contribution in [3.05, 3.63) is 28.8 Å². The van der Waals surface area contributed by atoms with Gasteiger partial charge in [0.15, 0.2) is 5.78 Å². The number of Topliss-reactive ketones (excluding diaryl/α,β-unsaturated/α-hetero) is 1. The molecule has 0 saturated heterocycles. The van der Waals surface area contributed by atoms with Gasteiger partial charge in [-0.15, -0.1) is 0 Å². The Morgan fingerprint density at radius 2 is 1.91 bits per heavy atom. The number of carbonyl (C=O) groups excluding carboxylic acids is 1. The second-order valence-electron chi connectivity index (χ2n) is 7.93. The number of ketones is 1. The van der Waals surface area contributed by atoms with Crippen molar-refractivity contribution in [2.45, 2.75) is 58.7 Å². The lowest BCUT2D eigenvalue weighted by Crippen LogP contribution is -2.44. The highest BCUT2D eigenvalue weighted by Crippen LogP contribution is 2.59. The Kier molecular flexibility index (Phi) is 3.81. The average Bonchev–Trinajstić information content (AvgIpc) is 2.80. The van der Waals surface area contributed by atoms with Gasteiger partial charge in [0.2, 0.25) is 0 Å². The number of aryl methyl sites for hydroxylation is 1. The van der Waals surface area contributed by atoms with Crippen molar-refractivity contribution in [2.24, 2.45) is 17.3 Å². The van der Waals surface area contributed by atoms with Crippen molar-refractivity contribution in [1.82, 2.24) is 0 Å². The average molecular weight is 318 g/mol. The molecule has 126 valence electrons. The smallest absolute Gasteiger partial charge is 0.197 e. The number of aromatic hydroxyl groups is 1. The number of aliphatic hydroxyl groups excluding tert-OH is 2. The van der Waals surface area contributed by atoms with E-state index in [0.717, 1.165) is 24.0 Å². The van der Waals surface area contributed by atoms with E-state index in [4.69, 9.17) is 0 Å². The minimum atomic E-state index is -1.48. The van der Waals surface area contributed by atoms with Crippen LogP contribution in [0.5, 0.6) is 5.75 Å². The molecule has 4 heteroatoms. The summed E-state index contributed by atoms with van der Waals surface area (Å²) in [5.41, 5.74) is 1.32. The van der Waals surface area contributed by atoms with Crippen molar-refractivity contribution in [3.63, 3.8) is 0 Å². The first kappa shape index (κ1) is 16.5. The highest BCUT2D eigenvalue weighted by molar-refractivity contribution is 6.04. The molecule has 1 fully saturated rings. The standard InChI is InChI=1S/C19H26O4/c1-9(2)11-5-6-19(4)15(11)12-7-10(3)8-13(20)14(12)16(21)17(22)18(19)23/h7-9,11,15,17-18,20,22-23H,5-6H2,1-4H3/t11-,15-,17-,18+,19-/m1/s1. The highest BCUT2D eigenvalue weighted by Gasteiger charge is 2.56. The van der Waals surface area contributed by atoms with Gasteiger partial charge in [-0.3, -0.25) is 4.79 Å². The zero-order valence-electron chi connectivity index (χ0n) is 14.2. The summed E-state index contributed by atoms with van der Waals surface area (Å²) in [5, 5.41) is 31.5. The molecule has 0 aliphatic heterocycles. The Bertz CT molecular complexity index is 651. The van der Waals surface area contributed by atoms with E-state index >= 15 is 0 Å². The fraction of sp³-hybridized carbons (Fsp3) is 0.632. The van der Waals surface area contributed by atoms with Gasteiger partial charge in [0, 0.05) is 5.41 Å². The maximum atomic E-state index is 12.7. The number of benzene rings is 1. The third-order valence-corrected chi connectivity index (χ3v) is 6.13. The molecule has 0 heterocycles. The van der Waals surface area contributed by atoms with E-state index in [9.17, 15) is 20.1 Å². The molecule has 0 amide bonds. The normalized spacial score (nSPS) is 36.7. The molecular formula is C19H26O4. The van der Waals surface area contributed by atoms with E-state index < -0.39 is 23.4 Å². The molecule has 23 heavy (non-hydrogen) atoms. The topological polar surface area (TPSA) is 77.8 Å². The first-order valence-electron chi connectivity index (χ1n) is 8.42. The molecule has 0 bridgehead atoms. The summed E-state index contributed by atoms with van der Waals surface area (Å²) >= 11 is 0. The van der Waals surface area contributed by atoms with Gasteiger partial charge in [0.25, 0.3) is 0 Å². The molecule has 0 spiro atoms. The van der Waals surface area contributed by atoms with Crippen LogP contribution in [-0.4, -0.2) is 33.3 Å². The number of phenolic OH excluding ortho intramolecular Hbond substituents is 1. The molecule has 1 aromatic rings. The minimum absolute atomic E-state index is 0.0422. The van der Waals surface area contributed by atoms with Crippen molar-refractivity contribution in [1.29, 1.82) is 0 Å². The molecule has 1 saturated carbocycles. The lowest BCUT2D eigenvalue weighted by atomic mass is 9.67. The Morgan fingerprint density at radius 1 is 1.26 bits per heavy atom. The second kappa shape index (κ2) is 5.32. The SMILES string of the molecule is Cc1cc(O)c2c(c1)[C@H]1[C@@H](C(C)C)CC[C@@]1(C)[C@@H](O)[C@H](O)C2=O. The van der Waals surface area contributed by atoms with Gasteiger partial charge >= 0.3 is 0 Å². The van der Waals surface area contributed by atoms with Gasteiger partial charge < -0.3 is 15.3 Å². The third-order valence-electron chi connectivity index (χ3n) is 6.13. The monoisotopic (exact) mass is 318 g/mol. The largest absolute Gasteiger partial charge is 0.507 e. The molecule has 5 atom stereocenters. The van der Waals surface area contributed by atoms with Crippen LogP contribution < -0.4 is 0 Å². The van der Waals surface area contributed by atoms with E-state index in [2.05, 4.69) is 13.8 Å². The first-order chi connectivity index (χ1) is 10.7. The number of carbonyl (C=O) groups is 1. The Morgan fingerprint density at radius 3 is 2.52 bits per heavy atom. The van der Waals surface area contributed by atoms with Gasteiger partial charge in [-0.1, -0.05) is 26.8 Å². The fourth-order valence-corrected chi connectivity index (χ4v) is 4.89. The number of fused-ring (bicyclic) bond motifs is 3.